The van der Waals surface area contributed by atoms with E-state index in [0.717, 1.165) is 44.1 Å². The third kappa shape index (κ3) is 6.12. The number of thiol groups is 2. The topological polar surface area (TPSA) is 0 Å². The zero-order valence-electron chi connectivity index (χ0n) is 20.9. The number of hydrogen-bond donors (Lipinski definition) is 2. The predicted octanol–water partition coefficient (Wildman–Crippen LogP) is 9.79. The molecule has 0 radical (unpaired) electrons. The molecule has 2 aromatic carbocycles. The van der Waals surface area contributed by atoms with Crippen LogP contribution in [0, 0.1) is 35.1 Å². The fourth-order valence-corrected chi connectivity index (χ4v) is 5.44. The van der Waals surface area contributed by atoms with Crippen molar-refractivity contribution >= 4 is 23.3 Å². The van der Waals surface area contributed by atoms with Crippen molar-refractivity contribution in [3.05, 3.63) is 69.8 Å². The second-order valence-corrected chi connectivity index (χ2v) is 10.6. The monoisotopic (exact) mass is 524 g/mol. The maximum atomic E-state index is 15.2. The van der Waals surface area contributed by atoms with Gasteiger partial charge >= 0.3 is 0 Å². The molecule has 0 bridgehead atoms. The average molecular weight is 525 g/mol. The molecular weight excluding hydrogens is 488 g/mol. The summed E-state index contributed by atoms with van der Waals surface area (Å²) in [5.74, 6) is -2.80. The molecule has 1 fully saturated rings. The molecule has 0 aromatic heterocycles. The van der Waals surface area contributed by atoms with E-state index in [0.29, 0.717) is 47.8 Å². The Kier molecular flexibility index (Phi) is 9.84. The molecule has 192 valence electrons. The highest BCUT2D eigenvalue weighted by atomic mass is 33.1. The molecule has 2 aliphatic carbocycles. The quantitative estimate of drug-likeness (QED) is 0.131. The lowest BCUT2D eigenvalue weighted by atomic mass is 9.78. The van der Waals surface area contributed by atoms with Crippen molar-refractivity contribution in [3.63, 3.8) is 0 Å². The molecule has 0 amide bonds. The van der Waals surface area contributed by atoms with E-state index in [2.05, 4.69) is 50.7 Å². The molecule has 0 aliphatic heterocycles. The van der Waals surface area contributed by atoms with E-state index < -0.39 is 23.3 Å². The summed E-state index contributed by atoms with van der Waals surface area (Å²) in [5.41, 5.74) is 2.60. The van der Waals surface area contributed by atoms with Crippen molar-refractivity contribution in [1.29, 1.82) is 0 Å². The fourth-order valence-electron chi connectivity index (χ4n) is 5.44. The number of aryl methyl sites for hydroxylation is 1. The zero-order chi connectivity index (χ0) is 25.9. The molecule has 0 nitrogen and oxygen atoms in total. The molecule has 0 unspecified atom stereocenters. The van der Waals surface area contributed by atoms with Crippen LogP contribution in [0.4, 0.5) is 17.6 Å². The van der Waals surface area contributed by atoms with E-state index in [1.54, 1.807) is 12.1 Å². The molecule has 35 heavy (non-hydrogen) atoms. The molecule has 0 atom stereocenters. The highest BCUT2D eigenvalue weighted by molar-refractivity contribution is 8.59. The number of halogens is 4. The average Bonchev–Trinajstić information content (AvgIpc) is 3.21. The second kappa shape index (κ2) is 12.2. The lowest BCUT2D eigenvalue weighted by molar-refractivity contribution is 0.339. The van der Waals surface area contributed by atoms with Crippen molar-refractivity contribution < 1.29 is 17.6 Å². The van der Waals surface area contributed by atoms with Gasteiger partial charge in [-0.25, -0.2) is 17.6 Å². The number of hydrogen-bond acceptors (Lipinski definition) is 2. The largest absolute Gasteiger partial charge is 0.203 e. The number of benzene rings is 2. The highest BCUT2D eigenvalue weighted by Crippen LogP contribution is 2.46. The van der Waals surface area contributed by atoms with Crippen LogP contribution in [0.5, 0.6) is 0 Å². The molecule has 6 heteroatoms. The maximum Gasteiger partial charge on any atom is 0.167 e. The third-order valence-electron chi connectivity index (χ3n) is 7.59. The minimum absolute atomic E-state index is 0.0151. The predicted molar refractivity (Wildman–Crippen MR) is 144 cm³/mol. The van der Waals surface area contributed by atoms with Gasteiger partial charge in [0.15, 0.2) is 23.3 Å². The Bertz CT molecular complexity index is 1070. The SMILES string of the molecule is C=C(CCc1cc2c(c(F)c1F)-c1c(cc(C3CCC(C)CC3)c(F)c1F)C2)CCC(C)C.SS. The Morgan fingerprint density at radius 3 is 2.06 bits per heavy atom. The molecule has 0 N–H and O–H groups in total. The molecule has 0 saturated heterocycles. The molecule has 2 aromatic rings. The van der Waals surface area contributed by atoms with E-state index in [4.69, 9.17) is 0 Å². The van der Waals surface area contributed by atoms with Gasteiger partial charge in [0.25, 0.3) is 0 Å². The van der Waals surface area contributed by atoms with E-state index in [1.165, 1.54) is 0 Å². The minimum atomic E-state index is -1.06. The van der Waals surface area contributed by atoms with Crippen LogP contribution in [0.25, 0.3) is 11.1 Å². The minimum Gasteiger partial charge on any atom is -0.203 e. The lowest BCUT2D eigenvalue weighted by Crippen LogP contribution is -2.13. The standard InChI is InChI=1S/C29H34F4.H2S2/c1-16(2)5-6-17(3)9-12-20-13-21-14-22-15-23(19-10-7-18(4)8-11-19)27(31)29(33)25(22)24(21)28(32)26(20)30;1-2/h13,15-16,18-19H,3,5-12,14H2,1-2,4H3;1-2H. The first-order chi connectivity index (χ1) is 16.7. The first-order valence-electron chi connectivity index (χ1n) is 12.5. The van der Waals surface area contributed by atoms with Gasteiger partial charge in [-0.1, -0.05) is 57.9 Å². The zero-order valence-corrected chi connectivity index (χ0v) is 22.7. The Hall–Kier alpha value is -1.40. The highest BCUT2D eigenvalue weighted by Gasteiger charge is 2.33. The molecule has 0 heterocycles. The van der Waals surface area contributed by atoms with Crippen molar-refractivity contribution in [3.8, 4) is 11.1 Å². The summed E-state index contributed by atoms with van der Waals surface area (Å²) in [4.78, 5) is 0. The summed E-state index contributed by atoms with van der Waals surface area (Å²) in [5, 5.41) is 0. The van der Waals surface area contributed by atoms with Crippen LogP contribution in [0.15, 0.2) is 24.3 Å². The van der Waals surface area contributed by atoms with E-state index >= 15 is 13.2 Å². The number of rotatable bonds is 7. The van der Waals surface area contributed by atoms with E-state index in [9.17, 15) is 4.39 Å². The molecular formula is C29H36F4S2. The molecule has 4 rings (SSSR count). The van der Waals surface area contributed by atoms with Crippen LogP contribution < -0.4 is 0 Å². The first-order valence-corrected chi connectivity index (χ1v) is 14.1. The van der Waals surface area contributed by atoms with Crippen molar-refractivity contribution in [2.75, 3.05) is 0 Å². The van der Waals surface area contributed by atoms with Crippen molar-refractivity contribution in [2.24, 2.45) is 11.8 Å². The van der Waals surface area contributed by atoms with Crippen molar-refractivity contribution in [2.45, 2.75) is 84.5 Å². The van der Waals surface area contributed by atoms with Crippen LogP contribution in [0.1, 0.15) is 93.9 Å². The normalized spacial score (nSPS) is 18.7. The van der Waals surface area contributed by atoms with Crippen LogP contribution in [-0.2, 0) is 12.8 Å². The van der Waals surface area contributed by atoms with Gasteiger partial charge in [0.1, 0.15) is 0 Å². The van der Waals surface area contributed by atoms with Gasteiger partial charge in [0.2, 0.25) is 0 Å². The summed E-state index contributed by atoms with van der Waals surface area (Å²) in [6.07, 6.45) is 6.77. The van der Waals surface area contributed by atoms with Crippen LogP contribution in [0.2, 0.25) is 0 Å². The Morgan fingerprint density at radius 2 is 1.46 bits per heavy atom. The molecule has 2 aliphatic rings. The lowest BCUT2D eigenvalue weighted by Gasteiger charge is -2.27. The number of fused-ring (bicyclic) bond motifs is 3. The Balaban J connectivity index is 0.00000167. The third-order valence-corrected chi connectivity index (χ3v) is 7.59. The van der Waals surface area contributed by atoms with E-state index in [-0.39, 0.29) is 22.6 Å². The smallest absolute Gasteiger partial charge is 0.167 e. The summed E-state index contributed by atoms with van der Waals surface area (Å²) >= 11 is 6.44. The van der Waals surface area contributed by atoms with Gasteiger partial charge in [-0.2, -0.15) is 0 Å². The first kappa shape index (κ1) is 28.2. The maximum absolute atomic E-state index is 15.2. The summed E-state index contributed by atoms with van der Waals surface area (Å²) in [7, 11) is 0. The Morgan fingerprint density at radius 1 is 0.886 bits per heavy atom. The van der Waals surface area contributed by atoms with Crippen LogP contribution in [-0.4, -0.2) is 0 Å². The van der Waals surface area contributed by atoms with Gasteiger partial charge in [-0.15, -0.1) is 23.3 Å². The second-order valence-electron chi connectivity index (χ2n) is 10.6. The van der Waals surface area contributed by atoms with Gasteiger partial charge in [0, 0.05) is 11.1 Å². The fraction of sp³-hybridized carbons (Fsp3) is 0.517. The summed E-state index contributed by atoms with van der Waals surface area (Å²) in [6, 6.07) is 3.35. The van der Waals surface area contributed by atoms with Gasteiger partial charge < -0.3 is 0 Å². The van der Waals surface area contributed by atoms with Gasteiger partial charge in [0.05, 0.1) is 0 Å². The molecule has 1 saturated carbocycles. The molecule has 0 spiro atoms. The van der Waals surface area contributed by atoms with Crippen LogP contribution >= 0.6 is 23.3 Å². The van der Waals surface area contributed by atoms with Crippen molar-refractivity contribution in [1.82, 2.24) is 0 Å². The summed E-state index contributed by atoms with van der Waals surface area (Å²) in [6.45, 7) is 10.5. The van der Waals surface area contributed by atoms with Crippen LogP contribution in [0.3, 0.4) is 0 Å². The Labute approximate surface area is 217 Å². The number of allylic oxidation sites excluding steroid dienone is 1. The van der Waals surface area contributed by atoms with Gasteiger partial charge in [-0.05, 0) is 85.0 Å². The van der Waals surface area contributed by atoms with E-state index in [1.807, 2.05) is 0 Å². The summed E-state index contributed by atoms with van der Waals surface area (Å²) < 4.78 is 60.4. The van der Waals surface area contributed by atoms with Gasteiger partial charge in [-0.3, -0.25) is 0 Å².